The number of benzene rings is 1. The van der Waals surface area contributed by atoms with Gasteiger partial charge in [0.2, 0.25) is 0 Å². The van der Waals surface area contributed by atoms with Crippen LogP contribution in [0, 0.1) is 3.57 Å². The lowest BCUT2D eigenvalue weighted by Gasteiger charge is -2.08. The largest absolute Gasteiger partial charge is 0.396 e. The zero-order valence-electron chi connectivity index (χ0n) is 8.24. The summed E-state index contributed by atoms with van der Waals surface area (Å²) < 4.78 is 2.07. The van der Waals surface area contributed by atoms with Crippen molar-refractivity contribution in [1.82, 2.24) is 4.98 Å². The molecule has 1 aromatic heterocycles. The van der Waals surface area contributed by atoms with E-state index in [1.807, 2.05) is 30.3 Å². The van der Waals surface area contributed by atoms with Crippen molar-refractivity contribution in [2.24, 2.45) is 0 Å². The third-order valence-electron chi connectivity index (χ3n) is 1.99. The van der Waals surface area contributed by atoms with E-state index in [1.54, 1.807) is 6.20 Å². The van der Waals surface area contributed by atoms with Crippen LogP contribution in [0.25, 0.3) is 0 Å². The number of rotatable bonds is 2. The van der Waals surface area contributed by atoms with Gasteiger partial charge in [0.15, 0.2) is 5.82 Å². The maximum atomic E-state index is 5.84. The monoisotopic (exact) mass is 389 g/mol. The fourth-order valence-electron chi connectivity index (χ4n) is 1.23. The predicted octanol–water partition coefficient (Wildman–Crippen LogP) is 3.77. The number of hydrogen-bond donors (Lipinski definition) is 2. The van der Waals surface area contributed by atoms with E-state index in [-0.39, 0.29) is 0 Å². The lowest BCUT2D eigenvalue weighted by molar-refractivity contribution is 1.29. The van der Waals surface area contributed by atoms with Gasteiger partial charge < -0.3 is 11.1 Å². The predicted molar refractivity (Wildman–Crippen MR) is 78.8 cm³/mol. The number of hydrogen-bond acceptors (Lipinski definition) is 3. The minimum Gasteiger partial charge on any atom is -0.396 e. The summed E-state index contributed by atoms with van der Waals surface area (Å²) in [6.07, 6.45) is 1.71. The number of aromatic nitrogens is 1. The zero-order valence-corrected chi connectivity index (χ0v) is 12.0. The van der Waals surface area contributed by atoms with E-state index in [0.29, 0.717) is 11.5 Å². The molecule has 82 valence electrons. The highest BCUT2D eigenvalue weighted by molar-refractivity contribution is 14.1. The van der Waals surface area contributed by atoms with Crippen LogP contribution in [0.2, 0.25) is 0 Å². The normalized spacial score (nSPS) is 10.1. The van der Waals surface area contributed by atoms with E-state index < -0.39 is 0 Å². The van der Waals surface area contributed by atoms with Crippen molar-refractivity contribution in [3.63, 3.8) is 0 Å². The SMILES string of the molecule is Nc1cc(Br)cnc1Nc1ccc(I)cc1. The summed E-state index contributed by atoms with van der Waals surface area (Å²) in [5, 5.41) is 3.17. The first-order chi connectivity index (χ1) is 7.65. The van der Waals surface area contributed by atoms with E-state index in [1.165, 1.54) is 3.57 Å². The van der Waals surface area contributed by atoms with Crippen LogP contribution in [0.4, 0.5) is 17.2 Å². The van der Waals surface area contributed by atoms with Gasteiger partial charge in [0.05, 0.1) is 5.69 Å². The molecule has 0 spiro atoms. The van der Waals surface area contributed by atoms with Crippen molar-refractivity contribution in [2.75, 3.05) is 11.1 Å². The minimum atomic E-state index is 0.618. The molecule has 16 heavy (non-hydrogen) atoms. The van der Waals surface area contributed by atoms with Gasteiger partial charge in [0.25, 0.3) is 0 Å². The Labute approximate surface area is 116 Å². The third-order valence-corrected chi connectivity index (χ3v) is 3.14. The maximum Gasteiger partial charge on any atom is 0.153 e. The third kappa shape index (κ3) is 2.85. The summed E-state index contributed by atoms with van der Waals surface area (Å²) in [4.78, 5) is 4.21. The van der Waals surface area contributed by atoms with Gasteiger partial charge in [-0.3, -0.25) is 0 Å². The van der Waals surface area contributed by atoms with E-state index in [0.717, 1.165) is 10.2 Å². The molecule has 5 heteroatoms. The Bertz CT molecular complexity index is 499. The number of nitrogens with zero attached hydrogens (tertiary/aromatic N) is 1. The molecule has 1 aromatic carbocycles. The fourth-order valence-corrected chi connectivity index (χ4v) is 1.94. The molecule has 2 aromatic rings. The van der Waals surface area contributed by atoms with Crippen LogP contribution < -0.4 is 11.1 Å². The average molecular weight is 390 g/mol. The Morgan fingerprint density at radius 3 is 2.56 bits per heavy atom. The van der Waals surface area contributed by atoms with Crippen LogP contribution in [0.3, 0.4) is 0 Å². The van der Waals surface area contributed by atoms with Gasteiger partial charge in [0.1, 0.15) is 0 Å². The van der Waals surface area contributed by atoms with E-state index in [4.69, 9.17) is 5.73 Å². The van der Waals surface area contributed by atoms with Crippen LogP contribution >= 0.6 is 38.5 Å². The number of halogens is 2. The van der Waals surface area contributed by atoms with Crippen molar-refractivity contribution >= 4 is 55.7 Å². The number of nitrogens with two attached hydrogens (primary N) is 1. The second-order valence-corrected chi connectivity index (χ2v) is 5.38. The molecule has 0 amide bonds. The molecule has 0 unspecified atom stereocenters. The molecule has 3 nitrogen and oxygen atoms in total. The van der Waals surface area contributed by atoms with Crippen molar-refractivity contribution in [2.45, 2.75) is 0 Å². The molecule has 0 radical (unpaired) electrons. The second-order valence-electron chi connectivity index (χ2n) is 3.22. The standard InChI is InChI=1S/C11H9BrIN3/c12-7-5-10(14)11(15-6-7)16-9-3-1-8(13)2-4-9/h1-6H,14H2,(H,15,16). The van der Waals surface area contributed by atoms with Crippen molar-refractivity contribution in [3.8, 4) is 0 Å². The summed E-state index contributed by atoms with van der Waals surface area (Å²) >= 11 is 5.58. The molecule has 0 aliphatic rings. The van der Waals surface area contributed by atoms with Gasteiger partial charge in [-0.2, -0.15) is 0 Å². The van der Waals surface area contributed by atoms with Crippen molar-refractivity contribution < 1.29 is 0 Å². The molecular formula is C11H9BrIN3. The van der Waals surface area contributed by atoms with Gasteiger partial charge in [0, 0.05) is 19.9 Å². The summed E-state index contributed by atoms with van der Waals surface area (Å²) in [5.41, 5.74) is 7.44. The van der Waals surface area contributed by atoms with E-state index in [2.05, 4.69) is 48.8 Å². The first-order valence-corrected chi connectivity index (χ1v) is 6.46. The Kier molecular flexibility index (Phi) is 3.65. The quantitative estimate of drug-likeness (QED) is 0.768. The van der Waals surface area contributed by atoms with Gasteiger partial charge in [-0.1, -0.05) is 0 Å². The Morgan fingerprint density at radius 1 is 1.25 bits per heavy atom. The zero-order chi connectivity index (χ0) is 11.5. The summed E-state index contributed by atoms with van der Waals surface area (Å²) in [5.74, 6) is 0.671. The smallest absolute Gasteiger partial charge is 0.153 e. The van der Waals surface area contributed by atoms with Crippen LogP contribution in [0.5, 0.6) is 0 Å². The number of pyridine rings is 1. The van der Waals surface area contributed by atoms with Crippen LogP contribution in [-0.2, 0) is 0 Å². The van der Waals surface area contributed by atoms with E-state index >= 15 is 0 Å². The number of nitrogen functional groups attached to an aromatic ring is 1. The Balaban J connectivity index is 2.23. The topological polar surface area (TPSA) is 50.9 Å². The Hall–Kier alpha value is -0.820. The first kappa shape index (κ1) is 11.7. The lowest BCUT2D eigenvalue weighted by Crippen LogP contribution is -1.98. The second kappa shape index (κ2) is 5.01. The molecule has 3 N–H and O–H groups in total. The molecule has 0 saturated heterocycles. The molecule has 0 aliphatic heterocycles. The molecule has 1 heterocycles. The van der Waals surface area contributed by atoms with Gasteiger partial charge in [-0.25, -0.2) is 4.98 Å². The molecule has 0 bridgehead atoms. The van der Waals surface area contributed by atoms with Crippen LogP contribution in [0.15, 0.2) is 41.0 Å². The highest BCUT2D eigenvalue weighted by atomic mass is 127. The molecular weight excluding hydrogens is 381 g/mol. The molecule has 0 aliphatic carbocycles. The first-order valence-electron chi connectivity index (χ1n) is 4.59. The maximum absolute atomic E-state index is 5.84. The van der Waals surface area contributed by atoms with Crippen LogP contribution in [0.1, 0.15) is 0 Å². The summed E-state index contributed by atoms with van der Waals surface area (Å²) in [6, 6.07) is 9.85. The summed E-state index contributed by atoms with van der Waals surface area (Å²) in [7, 11) is 0. The molecule has 2 rings (SSSR count). The van der Waals surface area contributed by atoms with Gasteiger partial charge >= 0.3 is 0 Å². The molecule has 0 saturated carbocycles. The number of anilines is 3. The molecule has 0 atom stereocenters. The van der Waals surface area contributed by atoms with Crippen molar-refractivity contribution in [3.05, 3.63) is 44.6 Å². The molecule has 0 fully saturated rings. The Morgan fingerprint density at radius 2 is 1.94 bits per heavy atom. The minimum absolute atomic E-state index is 0.618. The van der Waals surface area contributed by atoms with Crippen LogP contribution in [-0.4, -0.2) is 4.98 Å². The highest BCUT2D eigenvalue weighted by Gasteiger charge is 2.01. The number of nitrogens with one attached hydrogen (secondary N) is 1. The van der Waals surface area contributed by atoms with Gasteiger partial charge in [-0.15, -0.1) is 0 Å². The summed E-state index contributed by atoms with van der Waals surface area (Å²) in [6.45, 7) is 0. The van der Waals surface area contributed by atoms with Crippen molar-refractivity contribution in [1.29, 1.82) is 0 Å². The highest BCUT2D eigenvalue weighted by Crippen LogP contribution is 2.23. The average Bonchev–Trinajstić information content (AvgIpc) is 2.25. The van der Waals surface area contributed by atoms with Gasteiger partial charge in [-0.05, 0) is 68.9 Å². The lowest BCUT2D eigenvalue weighted by atomic mass is 10.3. The van der Waals surface area contributed by atoms with E-state index in [9.17, 15) is 0 Å². The fraction of sp³-hybridized carbons (Fsp3) is 0.